The van der Waals surface area contributed by atoms with Gasteiger partial charge in [0.2, 0.25) is 0 Å². The second-order valence-corrected chi connectivity index (χ2v) is 4.14. The number of benzene rings is 1. The van der Waals surface area contributed by atoms with Crippen LogP contribution >= 0.6 is 11.6 Å². The third-order valence-electron chi connectivity index (χ3n) is 2.40. The Morgan fingerprint density at radius 3 is 2.40 bits per heavy atom. The minimum Gasteiger partial charge on any atom is -0.267 e. The lowest BCUT2D eigenvalue weighted by Gasteiger charge is -2.07. The molecule has 1 heterocycles. The van der Waals surface area contributed by atoms with Crippen molar-refractivity contribution in [3.8, 4) is 0 Å². The topological polar surface area (TPSA) is 71.1 Å². The summed E-state index contributed by atoms with van der Waals surface area (Å²) in [6.07, 6.45) is 1.26. The van der Waals surface area contributed by atoms with Gasteiger partial charge in [-0.05, 0) is 24.3 Å². The van der Waals surface area contributed by atoms with E-state index in [2.05, 4.69) is 15.8 Å². The van der Waals surface area contributed by atoms with E-state index in [9.17, 15) is 14.0 Å². The van der Waals surface area contributed by atoms with Gasteiger partial charge in [0.15, 0.2) is 0 Å². The van der Waals surface area contributed by atoms with Crippen molar-refractivity contribution in [2.24, 2.45) is 0 Å². The van der Waals surface area contributed by atoms with Crippen molar-refractivity contribution in [2.45, 2.75) is 0 Å². The SMILES string of the molecule is O=C(NNC(=O)c1ccccc1F)c1ccc(Cl)nc1. The minimum absolute atomic E-state index is 0.165. The standard InChI is InChI=1S/C13H9ClFN3O2/c14-11-6-5-8(7-16-11)12(19)17-18-13(20)9-3-1-2-4-10(9)15/h1-7H,(H,17,19)(H,18,20). The van der Waals surface area contributed by atoms with Gasteiger partial charge in [0.25, 0.3) is 11.8 Å². The van der Waals surface area contributed by atoms with Crippen LogP contribution in [0.25, 0.3) is 0 Å². The molecule has 0 saturated heterocycles. The van der Waals surface area contributed by atoms with Crippen LogP contribution in [0, 0.1) is 5.82 Å². The molecule has 0 atom stereocenters. The number of nitrogens with zero attached hydrogens (tertiary/aromatic N) is 1. The molecule has 1 aromatic carbocycles. The lowest BCUT2D eigenvalue weighted by atomic mass is 10.2. The Morgan fingerprint density at radius 2 is 1.75 bits per heavy atom. The highest BCUT2D eigenvalue weighted by molar-refractivity contribution is 6.29. The molecule has 2 rings (SSSR count). The first-order valence-corrected chi connectivity index (χ1v) is 5.92. The van der Waals surface area contributed by atoms with E-state index in [1.165, 1.54) is 36.5 Å². The largest absolute Gasteiger partial charge is 0.272 e. The molecule has 0 unspecified atom stereocenters. The quantitative estimate of drug-likeness (QED) is 0.657. The van der Waals surface area contributed by atoms with E-state index in [1.54, 1.807) is 0 Å². The summed E-state index contributed by atoms with van der Waals surface area (Å²) in [7, 11) is 0. The number of carbonyl (C=O) groups excluding carboxylic acids is 2. The number of nitrogens with one attached hydrogen (secondary N) is 2. The van der Waals surface area contributed by atoms with E-state index in [-0.39, 0.29) is 16.3 Å². The van der Waals surface area contributed by atoms with E-state index in [4.69, 9.17) is 11.6 Å². The minimum atomic E-state index is -0.752. The van der Waals surface area contributed by atoms with E-state index in [0.29, 0.717) is 0 Å². The van der Waals surface area contributed by atoms with Gasteiger partial charge in [0.1, 0.15) is 11.0 Å². The Labute approximate surface area is 118 Å². The molecule has 7 heteroatoms. The summed E-state index contributed by atoms with van der Waals surface area (Å²) < 4.78 is 13.3. The Bertz CT molecular complexity index is 646. The fraction of sp³-hybridized carbons (Fsp3) is 0. The number of hydrogen-bond acceptors (Lipinski definition) is 3. The predicted molar refractivity (Wildman–Crippen MR) is 70.6 cm³/mol. The van der Waals surface area contributed by atoms with Crippen molar-refractivity contribution in [1.29, 1.82) is 0 Å². The van der Waals surface area contributed by atoms with Crippen molar-refractivity contribution in [3.63, 3.8) is 0 Å². The Balaban J connectivity index is 1.99. The zero-order valence-corrected chi connectivity index (χ0v) is 10.8. The third-order valence-corrected chi connectivity index (χ3v) is 2.62. The number of halogens is 2. The van der Waals surface area contributed by atoms with Gasteiger partial charge >= 0.3 is 0 Å². The summed E-state index contributed by atoms with van der Waals surface area (Å²) in [5.74, 6) is -2.01. The number of aromatic nitrogens is 1. The highest BCUT2D eigenvalue weighted by Crippen LogP contribution is 2.06. The maximum Gasteiger partial charge on any atom is 0.272 e. The molecule has 0 spiro atoms. The number of carbonyl (C=O) groups is 2. The van der Waals surface area contributed by atoms with E-state index >= 15 is 0 Å². The summed E-state index contributed by atoms with van der Waals surface area (Å²) in [6.45, 7) is 0. The van der Waals surface area contributed by atoms with Gasteiger partial charge in [-0.3, -0.25) is 20.4 Å². The van der Waals surface area contributed by atoms with Gasteiger partial charge in [-0.25, -0.2) is 9.37 Å². The van der Waals surface area contributed by atoms with Crippen LogP contribution in [0.3, 0.4) is 0 Å². The highest BCUT2D eigenvalue weighted by atomic mass is 35.5. The van der Waals surface area contributed by atoms with Crippen LogP contribution in [0.15, 0.2) is 42.6 Å². The predicted octanol–water partition coefficient (Wildman–Crippen LogP) is 1.95. The summed E-state index contributed by atoms with van der Waals surface area (Å²) in [6, 6.07) is 8.32. The summed E-state index contributed by atoms with van der Waals surface area (Å²) in [5.41, 5.74) is 4.32. The Hall–Kier alpha value is -2.47. The average molecular weight is 294 g/mol. The van der Waals surface area contributed by atoms with Crippen molar-refractivity contribution in [2.75, 3.05) is 0 Å². The van der Waals surface area contributed by atoms with Gasteiger partial charge in [0.05, 0.1) is 11.1 Å². The second kappa shape index (κ2) is 6.12. The summed E-state index contributed by atoms with van der Waals surface area (Å²) >= 11 is 5.59. The molecule has 0 fully saturated rings. The lowest BCUT2D eigenvalue weighted by Crippen LogP contribution is -2.41. The van der Waals surface area contributed by atoms with Crippen LogP contribution in [0.4, 0.5) is 4.39 Å². The molecule has 5 nitrogen and oxygen atoms in total. The lowest BCUT2D eigenvalue weighted by molar-refractivity contribution is 0.0844. The molecular formula is C13H9ClFN3O2. The van der Waals surface area contributed by atoms with Gasteiger partial charge in [-0.1, -0.05) is 23.7 Å². The molecule has 2 amide bonds. The average Bonchev–Trinajstić information content (AvgIpc) is 2.45. The molecule has 0 aliphatic carbocycles. The van der Waals surface area contributed by atoms with E-state index in [0.717, 1.165) is 6.07 Å². The zero-order chi connectivity index (χ0) is 14.5. The molecule has 1 aromatic heterocycles. The number of rotatable bonds is 2. The highest BCUT2D eigenvalue weighted by Gasteiger charge is 2.12. The first kappa shape index (κ1) is 14.0. The van der Waals surface area contributed by atoms with Gasteiger partial charge in [0, 0.05) is 6.20 Å². The molecule has 0 radical (unpaired) electrons. The molecule has 0 bridgehead atoms. The van der Waals surface area contributed by atoms with Crippen LogP contribution in [-0.2, 0) is 0 Å². The van der Waals surface area contributed by atoms with Gasteiger partial charge < -0.3 is 0 Å². The first-order valence-electron chi connectivity index (χ1n) is 5.54. The monoisotopic (exact) mass is 293 g/mol. The molecular weight excluding hydrogens is 285 g/mol. The number of pyridine rings is 1. The maximum absolute atomic E-state index is 13.3. The molecule has 0 aliphatic heterocycles. The number of hydrazine groups is 1. The second-order valence-electron chi connectivity index (χ2n) is 3.76. The van der Waals surface area contributed by atoms with Gasteiger partial charge in [-0.15, -0.1) is 0 Å². The van der Waals surface area contributed by atoms with Crippen LogP contribution < -0.4 is 10.9 Å². The van der Waals surface area contributed by atoms with Crippen molar-refractivity contribution >= 4 is 23.4 Å². The number of amides is 2. The molecule has 2 N–H and O–H groups in total. The molecule has 0 saturated carbocycles. The molecule has 102 valence electrons. The molecule has 0 aliphatic rings. The number of hydrogen-bond donors (Lipinski definition) is 2. The van der Waals surface area contributed by atoms with Crippen molar-refractivity contribution in [1.82, 2.24) is 15.8 Å². The van der Waals surface area contributed by atoms with Gasteiger partial charge in [-0.2, -0.15) is 0 Å². The smallest absolute Gasteiger partial charge is 0.267 e. The normalized spacial score (nSPS) is 9.90. The van der Waals surface area contributed by atoms with Crippen LogP contribution in [0.2, 0.25) is 5.15 Å². The Kier molecular flexibility index (Phi) is 4.27. The summed E-state index contributed by atoms with van der Waals surface area (Å²) in [4.78, 5) is 27.1. The fourth-order valence-electron chi connectivity index (χ4n) is 1.41. The first-order chi connectivity index (χ1) is 9.58. The molecule has 20 heavy (non-hydrogen) atoms. The summed E-state index contributed by atoms with van der Waals surface area (Å²) in [5, 5.41) is 0.247. The van der Waals surface area contributed by atoms with E-state index < -0.39 is 17.6 Å². The van der Waals surface area contributed by atoms with E-state index in [1.807, 2.05) is 0 Å². The van der Waals surface area contributed by atoms with Crippen molar-refractivity contribution < 1.29 is 14.0 Å². The van der Waals surface area contributed by atoms with Crippen LogP contribution in [0.1, 0.15) is 20.7 Å². The van der Waals surface area contributed by atoms with Crippen LogP contribution in [-0.4, -0.2) is 16.8 Å². The van der Waals surface area contributed by atoms with Crippen molar-refractivity contribution in [3.05, 3.63) is 64.7 Å². The molecule has 2 aromatic rings. The third kappa shape index (κ3) is 3.30. The van der Waals surface area contributed by atoms with Crippen LogP contribution in [0.5, 0.6) is 0 Å². The Morgan fingerprint density at radius 1 is 1.05 bits per heavy atom. The fourth-order valence-corrected chi connectivity index (χ4v) is 1.52. The maximum atomic E-state index is 13.3. The zero-order valence-electron chi connectivity index (χ0n) is 10.1.